The molecule has 0 radical (unpaired) electrons. The molecule has 5 heteroatoms. The SMILES string of the molecule is CCNc1cc(C)ccc1C(=O)Nc1ncc(C)s1. The van der Waals surface area contributed by atoms with E-state index in [9.17, 15) is 4.79 Å². The lowest BCUT2D eigenvalue weighted by molar-refractivity contribution is 0.102. The van der Waals surface area contributed by atoms with Crippen LogP contribution >= 0.6 is 11.3 Å². The van der Waals surface area contributed by atoms with Crippen LogP contribution in [0.3, 0.4) is 0 Å². The molecule has 4 nitrogen and oxygen atoms in total. The quantitative estimate of drug-likeness (QED) is 0.898. The third kappa shape index (κ3) is 3.32. The van der Waals surface area contributed by atoms with Crippen molar-refractivity contribution in [2.75, 3.05) is 17.2 Å². The fourth-order valence-corrected chi connectivity index (χ4v) is 2.43. The Bertz CT molecular complexity index is 592. The zero-order valence-electron chi connectivity index (χ0n) is 11.3. The van der Waals surface area contributed by atoms with Gasteiger partial charge in [-0.1, -0.05) is 6.07 Å². The predicted molar refractivity (Wildman–Crippen MR) is 80.1 cm³/mol. The van der Waals surface area contributed by atoms with E-state index in [4.69, 9.17) is 0 Å². The zero-order valence-corrected chi connectivity index (χ0v) is 12.1. The van der Waals surface area contributed by atoms with Crippen LogP contribution in [-0.2, 0) is 0 Å². The van der Waals surface area contributed by atoms with E-state index in [1.807, 2.05) is 39.0 Å². The van der Waals surface area contributed by atoms with Crippen LogP contribution < -0.4 is 10.6 Å². The minimum absolute atomic E-state index is 0.134. The number of carbonyl (C=O) groups is 1. The molecule has 1 amide bonds. The number of hydrogen-bond acceptors (Lipinski definition) is 4. The van der Waals surface area contributed by atoms with Crippen LogP contribution in [0.4, 0.5) is 10.8 Å². The highest BCUT2D eigenvalue weighted by Gasteiger charge is 2.12. The largest absolute Gasteiger partial charge is 0.385 e. The number of aryl methyl sites for hydroxylation is 2. The van der Waals surface area contributed by atoms with Gasteiger partial charge in [-0.2, -0.15) is 0 Å². The van der Waals surface area contributed by atoms with E-state index in [1.165, 1.54) is 11.3 Å². The lowest BCUT2D eigenvalue weighted by atomic mass is 10.1. The number of hydrogen-bond donors (Lipinski definition) is 2. The molecule has 0 aliphatic rings. The van der Waals surface area contributed by atoms with Crippen molar-refractivity contribution in [3.63, 3.8) is 0 Å². The third-order valence-electron chi connectivity index (χ3n) is 2.63. The van der Waals surface area contributed by atoms with Gasteiger partial charge in [0.1, 0.15) is 0 Å². The molecule has 100 valence electrons. The van der Waals surface area contributed by atoms with Crippen LogP contribution in [-0.4, -0.2) is 17.4 Å². The van der Waals surface area contributed by atoms with E-state index in [0.717, 1.165) is 22.7 Å². The molecule has 2 rings (SSSR count). The van der Waals surface area contributed by atoms with E-state index in [0.29, 0.717) is 10.7 Å². The van der Waals surface area contributed by atoms with E-state index in [1.54, 1.807) is 6.20 Å². The van der Waals surface area contributed by atoms with Crippen LogP contribution in [0.1, 0.15) is 27.7 Å². The number of amides is 1. The number of nitrogens with zero attached hydrogens (tertiary/aromatic N) is 1. The van der Waals surface area contributed by atoms with Crippen molar-refractivity contribution in [2.45, 2.75) is 20.8 Å². The Kier molecular flexibility index (Phi) is 4.16. The molecule has 0 aliphatic heterocycles. The second-order valence-corrected chi connectivity index (χ2v) is 5.54. The van der Waals surface area contributed by atoms with E-state index >= 15 is 0 Å². The summed E-state index contributed by atoms with van der Waals surface area (Å²) >= 11 is 1.47. The first-order chi connectivity index (χ1) is 9.10. The summed E-state index contributed by atoms with van der Waals surface area (Å²) < 4.78 is 0. The summed E-state index contributed by atoms with van der Waals surface area (Å²) in [5.74, 6) is -0.134. The fourth-order valence-electron chi connectivity index (χ4n) is 1.77. The third-order valence-corrected chi connectivity index (χ3v) is 3.46. The van der Waals surface area contributed by atoms with Crippen molar-refractivity contribution in [3.05, 3.63) is 40.4 Å². The van der Waals surface area contributed by atoms with Gasteiger partial charge in [0, 0.05) is 23.3 Å². The van der Waals surface area contributed by atoms with Crippen molar-refractivity contribution in [2.24, 2.45) is 0 Å². The van der Waals surface area contributed by atoms with Gasteiger partial charge in [-0.3, -0.25) is 10.1 Å². The van der Waals surface area contributed by atoms with Crippen LogP contribution in [0.2, 0.25) is 0 Å². The summed E-state index contributed by atoms with van der Waals surface area (Å²) in [7, 11) is 0. The Morgan fingerprint density at radius 1 is 1.37 bits per heavy atom. The Labute approximate surface area is 116 Å². The normalized spacial score (nSPS) is 10.3. The molecular formula is C14H17N3OS. The fraction of sp³-hybridized carbons (Fsp3) is 0.286. The van der Waals surface area contributed by atoms with E-state index in [2.05, 4.69) is 15.6 Å². The standard InChI is InChI=1S/C14H17N3OS/c1-4-15-12-7-9(2)5-6-11(12)13(18)17-14-16-8-10(3)19-14/h5-8,15H,4H2,1-3H3,(H,16,17,18). The van der Waals surface area contributed by atoms with Crippen LogP contribution in [0.25, 0.3) is 0 Å². The average molecular weight is 275 g/mol. The second-order valence-electron chi connectivity index (χ2n) is 4.31. The van der Waals surface area contributed by atoms with Crippen LogP contribution in [0.15, 0.2) is 24.4 Å². The molecule has 1 heterocycles. The topological polar surface area (TPSA) is 54.0 Å². The molecule has 0 bridgehead atoms. The van der Waals surface area contributed by atoms with E-state index in [-0.39, 0.29) is 5.91 Å². The first kappa shape index (κ1) is 13.5. The van der Waals surface area contributed by atoms with Gasteiger partial charge < -0.3 is 5.32 Å². The number of nitrogens with one attached hydrogen (secondary N) is 2. The Hall–Kier alpha value is -1.88. The minimum Gasteiger partial charge on any atom is -0.385 e. The van der Waals surface area contributed by atoms with Crippen molar-refractivity contribution in [1.29, 1.82) is 0 Å². The summed E-state index contributed by atoms with van der Waals surface area (Å²) in [6.45, 7) is 6.75. The Morgan fingerprint density at radius 2 is 2.16 bits per heavy atom. The number of rotatable bonds is 4. The lowest BCUT2D eigenvalue weighted by Gasteiger charge is -2.11. The van der Waals surface area contributed by atoms with Gasteiger partial charge in [0.2, 0.25) is 0 Å². The predicted octanol–water partition coefficient (Wildman–Crippen LogP) is 3.44. The number of benzene rings is 1. The summed E-state index contributed by atoms with van der Waals surface area (Å²) in [4.78, 5) is 17.5. The number of thiazole rings is 1. The van der Waals surface area contributed by atoms with Gasteiger partial charge in [0.05, 0.1) is 5.56 Å². The van der Waals surface area contributed by atoms with Crippen molar-refractivity contribution >= 4 is 28.1 Å². The number of aromatic nitrogens is 1. The molecule has 2 aromatic rings. The van der Waals surface area contributed by atoms with Gasteiger partial charge in [0.25, 0.3) is 5.91 Å². The van der Waals surface area contributed by atoms with Gasteiger partial charge >= 0.3 is 0 Å². The maximum atomic E-state index is 12.2. The number of anilines is 2. The summed E-state index contributed by atoms with van der Waals surface area (Å²) in [6.07, 6.45) is 1.75. The summed E-state index contributed by atoms with van der Waals surface area (Å²) in [6, 6.07) is 5.75. The summed E-state index contributed by atoms with van der Waals surface area (Å²) in [5.41, 5.74) is 2.62. The van der Waals surface area contributed by atoms with Gasteiger partial charge in [-0.05, 0) is 38.5 Å². The van der Waals surface area contributed by atoms with Crippen molar-refractivity contribution < 1.29 is 4.79 Å². The molecule has 0 unspecified atom stereocenters. The maximum Gasteiger partial charge on any atom is 0.259 e. The molecule has 0 saturated heterocycles. The summed E-state index contributed by atoms with van der Waals surface area (Å²) in [5, 5.41) is 6.67. The lowest BCUT2D eigenvalue weighted by Crippen LogP contribution is -2.14. The van der Waals surface area contributed by atoms with Gasteiger partial charge in [-0.15, -0.1) is 11.3 Å². The van der Waals surface area contributed by atoms with Gasteiger partial charge in [-0.25, -0.2) is 4.98 Å². The molecule has 0 atom stereocenters. The molecule has 0 saturated carbocycles. The average Bonchev–Trinajstić information content (AvgIpc) is 2.75. The maximum absolute atomic E-state index is 12.2. The molecule has 1 aromatic heterocycles. The molecule has 2 N–H and O–H groups in total. The Morgan fingerprint density at radius 3 is 2.79 bits per heavy atom. The molecule has 1 aromatic carbocycles. The molecule has 0 fully saturated rings. The monoisotopic (exact) mass is 275 g/mol. The first-order valence-electron chi connectivity index (χ1n) is 6.18. The molecule has 0 spiro atoms. The highest BCUT2D eigenvalue weighted by atomic mass is 32.1. The van der Waals surface area contributed by atoms with Crippen molar-refractivity contribution in [1.82, 2.24) is 4.98 Å². The first-order valence-corrected chi connectivity index (χ1v) is 7.00. The molecule has 0 aliphatic carbocycles. The molecular weight excluding hydrogens is 258 g/mol. The van der Waals surface area contributed by atoms with Crippen molar-refractivity contribution in [3.8, 4) is 0 Å². The molecule has 19 heavy (non-hydrogen) atoms. The van der Waals surface area contributed by atoms with Crippen LogP contribution in [0.5, 0.6) is 0 Å². The van der Waals surface area contributed by atoms with Gasteiger partial charge in [0.15, 0.2) is 5.13 Å². The number of carbonyl (C=O) groups excluding carboxylic acids is 1. The second kappa shape index (κ2) is 5.84. The minimum atomic E-state index is -0.134. The highest BCUT2D eigenvalue weighted by Crippen LogP contribution is 2.21. The smallest absolute Gasteiger partial charge is 0.259 e. The van der Waals surface area contributed by atoms with E-state index < -0.39 is 0 Å². The van der Waals surface area contributed by atoms with Crippen LogP contribution in [0, 0.1) is 13.8 Å². The zero-order chi connectivity index (χ0) is 13.8. The Balaban J connectivity index is 2.23. The highest BCUT2D eigenvalue weighted by molar-refractivity contribution is 7.15.